The summed E-state index contributed by atoms with van der Waals surface area (Å²) < 4.78 is 13.2. The van der Waals surface area contributed by atoms with Crippen molar-refractivity contribution in [2.24, 2.45) is 0 Å². The SMILES string of the molecule is CC(C)c1nc(-c2cccc(F)c2N)n[nH]1. The number of benzene rings is 1. The maximum absolute atomic E-state index is 13.2. The second kappa shape index (κ2) is 3.92. The molecule has 1 aromatic heterocycles. The van der Waals surface area contributed by atoms with Crippen LogP contribution in [0.1, 0.15) is 25.6 Å². The van der Waals surface area contributed by atoms with Gasteiger partial charge in [-0.1, -0.05) is 19.9 Å². The lowest BCUT2D eigenvalue weighted by Crippen LogP contribution is -1.95. The van der Waals surface area contributed by atoms with Crippen LogP contribution in [0, 0.1) is 5.82 Å². The number of H-pyrrole nitrogens is 1. The summed E-state index contributed by atoms with van der Waals surface area (Å²) in [5.41, 5.74) is 6.23. The van der Waals surface area contributed by atoms with Gasteiger partial charge in [0.2, 0.25) is 0 Å². The van der Waals surface area contributed by atoms with E-state index in [0.717, 1.165) is 5.82 Å². The van der Waals surface area contributed by atoms with Gasteiger partial charge in [-0.2, -0.15) is 5.10 Å². The van der Waals surface area contributed by atoms with Crippen molar-refractivity contribution < 1.29 is 4.39 Å². The van der Waals surface area contributed by atoms with Crippen molar-refractivity contribution >= 4 is 5.69 Å². The van der Waals surface area contributed by atoms with Crippen LogP contribution in [-0.4, -0.2) is 15.2 Å². The van der Waals surface area contributed by atoms with Crippen LogP contribution >= 0.6 is 0 Å². The van der Waals surface area contributed by atoms with Crippen LogP contribution < -0.4 is 5.73 Å². The van der Waals surface area contributed by atoms with E-state index >= 15 is 0 Å². The molecule has 0 aliphatic carbocycles. The normalized spacial score (nSPS) is 11.0. The van der Waals surface area contributed by atoms with E-state index in [1.54, 1.807) is 12.1 Å². The number of rotatable bonds is 2. The summed E-state index contributed by atoms with van der Waals surface area (Å²) >= 11 is 0. The highest BCUT2D eigenvalue weighted by Gasteiger charge is 2.12. The first-order valence-electron chi connectivity index (χ1n) is 5.06. The molecule has 1 heterocycles. The number of halogens is 1. The summed E-state index contributed by atoms with van der Waals surface area (Å²) in [5.74, 6) is 0.990. The number of para-hydroxylation sites is 1. The maximum Gasteiger partial charge on any atom is 0.183 e. The summed E-state index contributed by atoms with van der Waals surface area (Å²) in [7, 11) is 0. The molecule has 3 N–H and O–H groups in total. The molecule has 4 nitrogen and oxygen atoms in total. The Kier molecular flexibility index (Phi) is 2.60. The lowest BCUT2D eigenvalue weighted by atomic mass is 10.1. The van der Waals surface area contributed by atoms with Crippen molar-refractivity contribution in [3.8, 4) is 11.4 Å². The van der Waals surface area contributed by atoms with E-state index in [2.05, 4.69) is 15.2 Å². The number of nitrogen functional groups attached to an aromatic ring is 1. The van der Waals surface area contributed by atoms with Gasteiger partial charge in [0.05, 0.1) is 5.69 Å². The van der Waals surface area contributed by atoms with Crippen LogP contribution in [-0.2, 0) is 0 Å². The molecule has 0 unspecified atom stereocenters. The van der Waals surface area contributed by atoms with Crippen molar-refractivity contribution in [3.63, 3.8) is 0 Å². The minimum atomic E-state index is -0.451. The highest BCUT2D eigenvalue weighted by Crippen LogP contribution is 2.25. The molecule has 0 atom stereocenters. The summed E-state index contributed by atoms with van der Waals surface area (Å²) in [6.07, 6.45) is 0. The molecule has 5 heteroatoms. The smallest absolute Gasteiger partial charge is 0.183 e. The van der Waals surface area contributed by atoms with Gasteiger partial charge in [0.15, 0.2) is 5.82 Å². The zero-order valence-electron chi connectivity index (χ0n) is 9.16. The molecule has 1 aromatic carbocycles. The molecule has 0 saturated heterocycles. The van der Waals surface area contributed by atoms with Crippen LogP contribution in [0.25, 0.3) is 11.4 Å². The molecule has 0 fully saturated rings. The number of nitrogens with two attached hydrogens (primary N) is 1. The summed E-state index contributed by atoms with van der Waals surface area (Å²) in [5, 5.41) is 6.84. The third kappa shape index (κ3) is 1.76. The Morgan fingerprint density at radius 2 is 2.12 bits per heavy atom. The Morgan fingerprint density at radius 1 is 1.38 bits per heavy atom. The first-order valence-corrected chi connectivity index (χ1v) is 5.06. The number of hydrogen-bond acceptors (Lipinski definition) is 3. The lowest BCUT2D eigenvalue weighted by molar-refractivity contribution is 0.633. The summed E-state index contributed by atoms with van der Waals surface area (Å²) in [6.45, 7) is 4.00. The third-order valence-electron chi connectivity index (χ3n) is 2.34. The molecular formula is C11H13FN4. The molecule has 0 bridgehead atoms. The van der Waals surface area contributed by atoms with Gasteiger partial charge in [0.1, 0.15) is 11.6 Å². The van der Waals surface area contributed by atoms with Crippen molar-refractivity contribution in [2.75, 3.05) is 5.73 Å². The fraction of sp³-hybridized carbons (Fsp3) is 0.273. The van der Waals surface area contributed by atoms with Crippen molar-refractivity contribution in [3.05, 3.63) is 29.8 Å². The van der Waals surface area contributed by atoms with Gasteiger partial charge < -0.3 is 5.73 Å². The number of nitrogens with zero attached hydrogens (tertiary/aromatic N) is 2. The van der Waals surface area contributed by atoms with Crippen LogP contribution in [0.3, 0.4) is 0 Å². The third-order valence-corrected chi connectivity index (χ3v) is 2.34. The fourth-order valence-corrected chi connectivity index (χ4v) is 1.38. The van der Waals surface area contributed by atoms with Crippen LogP contribution in [0.5, 0.6) is 0 Å². The van der Waals surface area contributed by atoms with E-state index in [9.17, 15) is 4.39 Å². The summed E-state index contributed by atoms with van der Waals surface area (Å²) in [6, 6.07) is 4.60. The number of nitrogens with one attached hydrogen (secondary N) is 1. The minimum Gasteiger partial charge on any atom is -0.396 e. The number of anilines is 1. The zero-order valence-corrected chi connectivity index (χ0v) is 9.16. The topological polar surface area (TPSA) is 67.6 Å². The monoisotopic (exact) mass is 220 g/mol. The van der Waals surface area contributed by atoms with Gasteiger partial charge in [-0.05, 0) is 12.1 Å². The first-order chi connectivity index (χ1) is 7.59. The number of aromatic nitrogens is 3. The Hall–Kier alpha value is -1.91. The van der Waals surface area contributed by atoms with E-state index in [1.165, 1.54) is 6.07 Å². The molecule has 0 aliphatic heterocycles. The Morgan fingerprint density at radius 3 is 2.75 bits per heavy atom. The highest BCUT2D eigenvalue weighted by molar-refractivity contribution is 5.71. The van der Waals surface area contributed by atoms with E-state index in [0.29, 0.717) is 11.4 Å². The molecular weight excluding hydrogens is 207 g/mol. The maximum atomic E-state index is 13.2. The van der Waals surface area contributed by atoms with E-state index in [4.69, 9.17) is 5.73 Å². The molecule has 0 spiro atoms. The molecule has 2 rings (SSSR count). The second-order valence-corrected chi connectivity index (χ2v) is 3.90. The lowest BCUT2D eigenvalue weighted by Gasteiger charge is -2.01. The second-order valence-electron chi connectivity index (χ2n) is 3.90. The number of aromatic amines is 1. The Bertz CT molecular complexity index is 504. The average Bonchev–Trinajstić information content (AvgIpc) is 2.71. The Labute approximate surface area is 92.7 Å². The van der Waals surface area contributed by atoms with Gasteiger partial charge in [-0.15, -0.1) is 0 Å². The fourth-order valence-electron chi connectivity index (χ4n) is 1.38. The molecule has 0 aliphatic rings. The van der Waals surface area contributed by atoms with E-state index in [-0.39, 0.29) is 11.6 Å². The molecule has 0 amide bonds. The van der Waals surface area contributed by atoms with Gasteiger partial charge in [0.25, 0.3) is 0 Å². The van der Waals surface area contributed by atoms with E-state index < -0.39 is 5.82 Å². The number of hydrogen-bond donors (Lipinski definition) is 2. The molecule has 16 heavy (non-hydrogen) atoms. The first kappa shape index (κ1) is 10.6. The predicted octanol–water partition coefficient (Wildman–Crippen LogP) is 2.32. The molecule has 2 aromatic rings. The largest absolute Gasteiger partial charge is 0.396 e. The van der Waals surface area contributed by atoms with Crippen molar-refractivity contribution in [1.82, 2.24) is 15.2 Å². The summed E-state index contributed by atoms with van der Waals surface area (Å²) in [4.78, 5) is 4.27. The average molecular weight is 220 g/mol. The van der Waals surface area contributed by atoms with Gasteiger partial charge in [-0.25, -0.2) is 9.37 Å². The zero-order chi connectivity index (χ0) is 11.7. The van der Waals surface area contributed by atoms with Crippen LogP contribution in [0.4, 0.5) is 10.1 Å². The quantitative estimate of drug-likeness (QED) is 0.763. The van der Waals surface area contributed by atoms with Crippen LogP contribution in [0.15, 0.2) is 18.2 Å². The van der Waals surface area contributed by atoms with E-state index in [1.807, 2.05) is 13.8 Å². The minimum absolute atomic E-state index is 0.0804. The van der Waals surface area contributed by atoms with Gasteiger partial charge in [0, 0.05) is 11.5 Å². The van der Waals surface area contributed by atoms with Gasteiger partial charge in [-0.3, -0.25) is 5.10 Å². The van der Waals surface area contributed by atoms with Crippen molar-refractivity contribution in [2.45, 2.75) is 19.8 Å². The standard InChI is InChI=1S/C11H13FN4/c1-6(2)10-14-11(16-15-10)7-4-3-5-8(12)9(7)13/h3-6H,13H2,1-2H3,(H,14,15,16). The predicted molar refractivity (Wildman–Crippen MR) is 60.3 cm³/mol. The molecule has 0 radical (unpaired) electrons. The van der Waals surface area contributed by atoms with Crippen LogP contribution in [0.2, 0.25) is 0 Å². The molecule has 84 valence electrons. The highest BCUT2D eigenvalue weighted by atomic mass is 19.1. The molecule has 0 saturated carbocycles. The Balaban J connectivity index is 2.47. The van der Waals surface area contributed by atoms with Crippen molar-refractivity contribution in [1.29, 1.82) is 0 Å². The van der Waals surface area contributed by atoms with Gasteiger partial charge >= 0.3 is 0 Å².